The number of non-ortho nitro benzene ring substituents is 1. The van der Waals surface area contributed by atoms with Gasteiger partial charge in [0.15, 0.2) is 0 Å². The zero-order chi connectivity index (χ0) is 10.0. The third-order valence-electron chi connectivity index (χ3n) is 1.52. The van der Waals surface area contributed by atoms with Crippen molar-refractivity contribution < 1.29 is 9.13 Å². The summed E-state index contributed by atoms with van der Waals surface area (Å²) in [4.78, 5) is 10.1. The van der Waals surface area contributed by atoms with Crippen LogP contribution in [0.2, 0.25) is 0 Å². The van der Waals surface area contributed by atoms with Gasteiger partial charge in [-0.25, -0.2) is 0 Å². The van der Waals surface area contributed by atoms with Crippen LogP contribution >= 0.6 is 0 Å². The molecule has 1 unspecified atom stereocenters. The van der Waals surface area contributed by atoms with E-state index in [0.717, 1.165) is 0 Å². The molecule has 0 saturated heterocycles. The number of hydrogen-bond donors (Lipinski definition) is 1. The van der Waals surface area contributed by atoms with Gasteiger partial charge in [-0.1, -0.05) is 0 Å². The normalized spacial score (nSPS) is 12.4. The number of rotatable bonds is 2. The van der Waals surface area contributed by atoms with Gasteiger partial charge in [-0.2, -0.15) is 0 Å². The lowest BCUT2D eigenvalue weighted by atomic mass is 10.3. The van der Waals surface area contributed by atoms with Crippen molar-refractivity contribution in [3.63, 3.8) is 0 Å². The van der Waals surface area contributed by atoms with Crippen molar-refractivity contribution >= 4 is 22.2 Å². The van der Waals surface area contributed by atoms with Gasteiger partial charge in [0.1, 0.15) is 0 Å². The predicted molar refractivity (Wildman–Crippen MR) is 49.8 cm³/mol. The van der Waals surface area contributed by atoms with E-state index in [-0.39, 0.29) is 5.69 Å². The maximum atomic E-state index is 11.0. The molecule has 0 spiro atoms. The molecule has 2 N–H and O–H groups in total. The lowest BCUT2D eigenvalue weighted by Crippen LogP contribution is -1.97. The van der Waals surface area contributed by atoms with Crippen LogP contribution in [0.4, 0.5) is 11.4 Å². The Morgan fingerprint density at radius 3 is 2.62 bits per heavy atom. The van der Waals surface area contributed by atoms with Crippen LogP contribution in [0.1, 0.15) is 0 Å². The molecule has 0 aromatic heterocycles. The molecule has 0 aliphatic heterocycles. The van der Waals surface area contributed by atoms with Crippen LogP contribution in [-0.2, 0) is 10.8 Å². The molecule has 0 radical (unpaired) electrons. The van der Waals surface area contributed by atoms with Crippen molar-refractivity contribution in [2.75, 3.05) is 12.0 Å². The van der Waals surface area contributed by atoms with Gasteiger partial charge in [0.2, 0.25) is 0 Å². The fraction of sp³-hybridized carbons (Fsp3) is 0.143. The monoisotopic (exact) mass is 200 g/mol. The fourth-order valence-electron chi connectivity index (χ4n) is 0.886. The van der Waals surface area contributed by atoms with Gasteiger partial charge in [-0.05, 0) is 6.07 Å². The number of nitrogens with zero attached hydrogens (tertiary/aromatic N) is 1. The van der Waals surface area contributed by atoms with Gasteiger partial charge in [-0.15, -0.1) is 0 Å². The Kier molecular flexibility index (Phi) is 2.62. The molecule has 0 fully saturated rings. The first kappa shape index (κ1) is 9.66. The van der Waals surface area contributed by atoms with Gasteiger partial charge in [0.25, 0.3) is 5.69 Å². The highest BCUT2D eigenvalue weighted by Gasteiger charge is 2.10. The topological polar surface area (TPSA) is 86.2 Å². The Bertz CT molecular complexity index is 378. The molecule has 0 bridgehead atoms. The van der Waals surface area contributed by atoms with E-state index in [9.17, 15) is 14.3 Å². The quantitative estimate of drug-likeness (QED) is 0.437. The summed E-state index contributed by atoms with van der Waals surface area (Å²) in [5.74, 6) is 0. The second-order valence-electron chi connectivity index (χ2n) is 2.43. The molecule has 6 heteroatoms. The summed E-state index contributed by atoms with van der Waals surface area (Å²) in [7, 11) is -1.30. The number of hydrogen-bond acceptors (Lipinski definition) is 4. The summed E-state index contributed by atoms with van der Waals surface area (Å²) in [5.41, 5.74) is 5.69. The van der Waals surface area contributed by atoms with Crippen LogP contribution < -0.4 is 5.73 Å². The van der Waals surface area contributed by atoms with Crippen LogP contribution in [0.15, 0.2) is 23.1 Å². The Morgan fingerprint density at radius 2 is 2.15 bits per heavy atom. The SMILES string of the molecule is CS(=O)c1cc([N+](=O)[O-])ccc1N. The minimum atomic E-state index is -1.30. The lowest BCUT2D eigenvalue weighted by Gasteiger charge is -2.00. The maximum absolute atomic E-state index is 11.0. The second-order valence-corrected chi connectivity index (χ2v) is 3.78. The molecule has 0 amide bonds. The maximum Gasteiger partial charge on any atom is 0.270 e. The van der Waals surface area contributed by atoms with Crippen LogP contribution in [0.25, 0.3) is 0 Å². The van der Waals surface area contributed by atoms with E-state index >= 15 is 0 Å². The average Bonchev–Trinajstić information content (AvgIpc) is 2.04. The fourth-order valence-corrected chi connectivity index (χ4v) is 1.57. The van der Waals surface area contributed by atoms with E-state index in [4.69, 9.17) is 5.73 Å². The van der Waals surface area contributed by atoms with E-state index in [2.05, 4.69) is 0 Å². The third-order valence-corrected chi connectivity index (χ3v) is 2.49. The van der Waals surface area contributed by atoms with Crippen LogP contribution in [0.5, 0.6) is 0 Å². The molecule has 5 nitrogen and oxygen atoms in total. The number of anilines is 1. The summed E-state index contributed by atoms with van der Waals surface area (Å²) in [6, 6.07) is 3.89. The van der Waals surface area contributed by atoms with Gasteiger partial charge in [0, 0.05) is 24.1 Å². The van der Waals surface area contributed by atoms with Crippen molar-refractivity contribution in [3.05, 3.63) is 28.3 Å². The summed E-state index contributed by atoms with van der Waals surface area (Å²) < 4.78 is 11.0. The summed E-state index contributed by atoms with van der Waals surface area (Å²) in [6.45, 7) is 0. The van der Waals surface area contributed by atoms with Crippen LogP contribution in [-0.4, -0.2) is 15.4 Å². The molecular weight excluding hydrogens is 192 g/mol. The molecule has 1 aromatic rings. The van der Waals surface area contributed by atoms with E-state index in [0.29, 0.717) is 10.6 Å². The molecule has 0 heterocycles. The van der Waals surface area contributed by atoms with Crippen molar-refractivity contribution in [2.24, 2.45) is 0 Å². The summed E-state index contributed by atoms with van der Waals surface area (Å²) >= 11 is 0. The first-order valence-corrected chi connectivity index (χ1v) is 4.95. The second kappa shape index (κ2) is 3.53. The van der Waals surface area contributed by atoms with Crippen LogP contribution in [0, 0.1) is 10.1 Å². The Labute approximate surface area is 77.2 Å². The minimum absolute atomic E-state index is 0.0978. The first-order valence-electron chi connectivity index (χ1n) is 3.39. The highest BCUT2D eigenvalue weighted by atomic mass is 32.2. The third kappa shape index (κ3) is 2.03. The van der Waals surface area contributed by atoms with E-state index in [1.807, 2.05) is 0 Å². The van der Waals surface area contributed by atoms with Crippen molar-refractivity contribution in [3.8, 4) is 0 Å². The molecule has 70 valence electrons. The van der Waals surface area contributed by atoms with E-state index in [1.54, 1.807) is 0 Å². The summed E-state index contributed by atoms with van der Waals surface area (Å²) in [6.07, 6.45) is 1.43. The number of nitro benzene ring substituents is 1. The molecule has 1 rings (SSSR count). The highest BCUT2D eigenvalue weighted by molar-refractivity contribution is 7.84. The molecule has 1 atom stereocenters. The van der Waals surface area contributed by atoms with Gasteiger partial charge < -0.3 is 5.73 Å². The highest BCUT2D eigenvalue weighted by Crippen LogP contribution is 2.21. The van der Waals surface area contributed by atoms with Gasteiger partial charge >= 0.3 is 0 Å². The molecule has 0 saturated carbocycles. The Morgan fingerprint density at radius 1 is 1.54 bits per heavy atom. The standard InChI is InChI=1S/C7H8N2O3S/c1-13(12)7-4-5(9(10)11)2-3-6(7)8/h2-4H,8H2,1H3. The average molecular weight is 200 g/mol. The van der Waals surface area contributed by atoms with Crippen molar-refractivity contribution in [1.29, 1.82) is 0 Å². The predicted octanol–water partition coefficient (Wildman–Crippen LogP) is 0.914. The number of nitrogens with two attached hydrogens (primary N) is 1. The van der Waals surface area contributed by atoms with Crippen molar-refractivity contribution in [2.45, 2.75) is 4.90 Å². The van der Waals surface area contributed by atoms with E-state index < -0.39 is 15.7 Å². The molecular formula is C7H8N2O3S. The smallest absolute Gasteiger partial charge is 0.270 e. The molecule has 13 heavy (non-hydrogen) atoms. The zero-order valence-electron chi connectivity index (χ0n) is 6.89. The van der Waals surface area contributed by atoms with Crippen molar-refractivity contribution in [1.82, 2.24) is 0 Å². The van der Waals surface area contributed by atoms with E-state index in [1.165, 1.54) is 24.5 Å². The molecule has 0 aliphatic carbocycles. The Hall–Kier alpha value is -1.43. The lowest BCUT2D eigenvalue weighted by molar-refractivity contribution is -0.385. The number of nitro groups is 1. The molecule has 1 aromatic carbocycles. The summed E-state index contributed by atoms with van der Waals surface area (Å²) in [5, 5.41) is 10.4. The van der Waals surface area contributed by atoms with Gasteiger partial charge in [-0.3, -0.25) is 14.3 Å². The van der Waals surface area contributed by atoms with Gasteiger partial charge in [0.05, 0.1) is 20.6 Å². The zero-order valence-corrected chi connectivity index (χ0v) is 7.71. The number of nitrogen functional groups attached to an aromatic ring is 1. The number of benzene rings is 1. The molecule has 0 aliphatic rings. The Balaban J connectivity index is 3.27. The van der Waals surface area contributed by atoms with Crippen LogP contribution in [0.3, 0.4) is 0 Å². The largest absolute Gasteiger partial charge is 0.398 e. The minimum Gasteiger partial charge on any atom is -0.398 e. The first-order chi connectivity index (χ1) is 6.02.